The highest BCUT2D eigenvalue weighted by Gasteiger charge is 2.51. The van der Waals surface area contributed by atoms with E-state index in [1.165, 1.54) is 28.4 Å². The van der Waals surface area contributed by atoms with Crippen LogP contribution in [0.1, 0.15) is 0 Å². The van der Waals surface area contributed by atoms with E-state index in [4.69, 9.17) is 5.73 Å². The van der Waals surface area contributed by atoms with E-state index in [-0.39, 0.29) is 17.0 Å². The van der Waals surface area contributed by atoms with Crippen LogP contribution in [0.15, 0.2) is 33.9 Å². The molecule has 0 aromatic carbocycles. The Labute approximate surface area is 154 Å². The largest absolute Gasteiger partial charge is 0.477 e. The van der Waals surface area contributed by atoms with Crippen LogP contribution in [0.25, 0.3) is 10.7 Å². The van der Waals surface area contributed by atoms with E-state index < -0.39 is 12.0 Å². The Morgan fingerprint density at radius 3 is 3.12 bits per heavy atom. The molecule has 0 aliphatic carbocycles. The second kappa shape index (κ2) is 6.48. The number of nitrogens with one attached hydrogen (secondary N) is 1. The normalized spacial score (nSPS) is 22.8. The third-order valence-electron chi connectivity index (χ3n) is 3.89. The van der Waals surface area contributed by atoms with Crippen molar-refractivity contribution in [2.75, 3.05) is 11.5 Å². The first kappa shape index (κ1) is 16.6. The zero-order chi connectivity index (χ0) is 17.6. The van der Waals surface area contributed by atoms with Gasteiger partial charge < -0.3 is 10.8 Å². The van der Waals surface area contributed by atoms with E-state index in [2.05, 4.69) is 15.2 Å². The Kier molecular flexibility index (Phi) is 4.31. The Morgan fingerprint density at radius 1 is 1.56 bits per heavy atom. The summed E-state index contributed by atoms with van der Waals surface area (Å²) in [4.78, 5) is 30.2. The molecule has 1 amide bonds. The van der Waals surface area contributed by atoms with E-state index in [1.54, 1.807) is 11.3 Å². The molecule has 1 unspecified atom stereocenters. The van der Waals surface area contributed by atoms with Crippen LogP contribution < -0.4 is 5.73 Å². The number of aliphatic carboxylic acids is 1. The highest BCUT2D eigenvalue weighted by atomic mass is 32.2. The summed E-state index contributed by atoms with van der Waals surface area (Å²) in [6.07, 6.45) is 0. The molecule has 2 aliphatic rings. The van der Waals surface area contributed by atoms with Crippen molar-refractivity contribution in [3.63, 3.8) is 0 Å². The summed E-state index contributed by atoms with van der Waals surface area (Å²) in [5.41, 5.74) is 6.48. The van der Waals surface area contributed by atoms with Gasteiger partial charge in [0.1, 0.15) is 17.1 Å². The molecule has 0 radical (unpaired) electrons. The molecular weight excluding hydrogens is 382 g/mol. The van der Waals surface area contributed by atoms with E-state index in [9.17, 15) is 14.7 Å². The summed E-state index contributed by atoms with van der Waals surface area (Å²) in [5.74, 6) is 0.179. The van der Waals surface area contributed by atoms with Crippen molar-refractivity contribution in [3.8, 4) is 10.7 Å². The molecular formula is C14H13N5O3S3. The number of aromatic nitrogens is 3. The second-order valence-electron chi connectivity index (χ2n) is 5.43. The van der Waals surface area contributed by atoms with Crippen LogP contribution in [0, 0.1) is 0 Å². The number of fused-ring (bicyclic) bond motifs is 1. The lowest BCUT2D eigenvalue weighted by Crippen LogP contribution is -2.68. The van der Waals surface area contributed by atoms with Crippen LogP contribution >= 0.6 is 34.9 Å². The molecule has 4 N–H and O–H groups in total. The van der Waals surface area contributed by atoms with Crippen LogP contribution in [0.5, 0.6) is 0 Å². The van der Waals surface area contributed by atoms with E-state index in [0.717, 1.165) is 4.88 Å². The third-order valence-corrected chi connectivity index (χ3v) is 7.06. The maximum Gasteiger partial charge on any atom is 0.352 e. The van der Waals surface area contributed by atoms with Gasteiger partial charge in [0.15, 0.2) is 5.82 Å². The zero-order valence-corrected chi connectivity index (χ0v) is 15.2. The van der Waals surface area contributed by atoms with E-state index >= 15 is 0 Å². The van der Waals surface area contributed by atoms with Gasteiger partial charge in [-0.3, -0.25) is 14.8 Å². The molecule has 0 bridgehead atoms. The van der Waals surface area contributed by atoms with Crippen LogP contribution in [0.3, 0.4) is 0 Å². The Bertz CT molecular complexity index is 863. The quantitative estimate of drug-likeness (QED) is 0.509. The first-order valence-electron chi connectivity index (χ1n) is 7.31. The van der Waals surface area contributed by atoms with Crippen LogP contribution in [-0.4, -0.2) is 60.0 Å². The lowest BCUT2D eigenvalue weighted by atomic mass is 10.0. The predicted molar refractivity (Wildman–Crippen MR) is 96.1 cm³/mol. The summed E-state index contributed by atoms with van der Waals surface area (Å²) in [6, 6.07) is 3.26. The number of carboxylic acid groups (broad SMARTS) is 1. The molecule has 0 saturated carbocycles. The number of carbonyl (C=O) groups is 2. The van der Waals surface area contributed by atoms with Gasteiger partial charge in [-0.25, -0.2) is 9.78 Å². The minimum atomic E-state index is -1.10. The Balaban J connectivity index is 1.51. The average Bonchev–Trinajstić information content (AvgIpc) is 3.29. The van der Waals surface area contributed by atoms with Gasteiger partial charge in [-0.1, -0.05) is 17.8 Å². The van der Waals surface area contributed by atoms with Gasteiger partial charge in [0, 0.05) is 11.5 Å². The predicted octanol–water partition coefficient (Wildman–Crippen LogP) is 1.21. The molecule has 130 valence electrons. The molecule has 8 nitrogen and oxygen atoms in total. The Morgan fingerprint density at radius 2 is 2.40 bits per heavy atom. The van der Waals surface area contributed by atoms with Gasteiger partial charge in [-0.15, -0.1) is 28.2 Å². The number of β-lactam (4-membered cyclic amide) rings is 1. The SMILES string of the molecule is NC1C(=O)N2C(C(=O)O)=C(CSc3n[nH]c(-c4cccs4)n3)CS[C@@H]12. The lowest BCUT2D eigenvalue weighted by molar-refractivity contribution is -0.147. The van der Waals surface area contributed by atoms with Gasteiger partial charge >= 0.3 is 5.97 Å². The maximum absolute atomic E-state index is 11.9. The van der Waals surface area contributed by atoms with Crippen molar-refractivity contribution in [1.82, 2.24) is 20.1 Å². The number of aromatic amines is 1. The maximum atomic E-state index is 11.9. The van der Waals surface area contributed by atoms with Gasteiger partial charge in [0.25, 0.3) is 0 Å². The third kappa shape index (κ3) is 2.86. The summed E-state index contributed by atoms with van der Waals surface area (Å²) < 4.78 is 0. The minimum absolute atomic E-state index is 0.0527. The van der Waals surface area contributed by atoms with Gasteiger partial charge in [0.2, 0.25) is 11.1 Å². The molecule has 11 heteroatoms. The van der Waals surface area contributed by atoms with Crippen LogP contribution in [0.4, 0.5) is 0 Å². The number of thioether (sulfide) groups is 2. The number of H-pyrrole nitrogens is 1. The van der Waals surface area contributed by atoms with Crippen molar-refractivity contribution < 1.29 is 14.7 Å². The summed E-state index contributed by atoms with van der Waals surface area (Å²) in [5, 5.41) is 18.8. The topological polar surface area (TPSA) is 125 Å². The average molecular weight is 395 g/mol. The molecule has 0 spiro atoms. The van der Waals surface area contributed by atoms with Crippen molar-refractivity contribution in [2.45, 2.75) is 16.6 Å². The molecule has 4 rings (SSSR count). The highest BCUT2D eigenvalue weighted by Crippen LogP contribution is 2.40. The standard InChI is InChI=1S/C14H13N5O3S3/c15-8-11(20)19-9(13(21)22)6(4-24-12(8)19)5-25-14-16-10(17-18-14)7-2-1-3-23-7/h1-3,8,12H,4-5,15H2,(H,21,22)(H,16,17,18)/t8?,12-/m0/s1. The number of carboxylic acids is 1. The fourth-order valence-corrected chi connectivity index (χ4v) is 5.57. The number of nitrogens with zero attached hydrogens (tertiary/aromatic N) is 3. The summed E-state index contributed by atoms with van der Waals surface area (Å²) >= 11 is 4.39. The van der Waals surface area contributed by atoms with Crippen molar-refractivity contribution >= 4 is 46.7 Å². The van der Waals surface area contributed by atoms with E-state index in [1.807, 2.05) is 17.5 Å². The fourth-order valence-electron chi connectivity index (χ4n) is 2.68. The summed E-state index contributed by atoms with van der Waals surface area (Å²) in [6.45, 7) is 0. The molecule has 2 aromatic heterocycles. The zero-order valence-electron chi connectivity index (χ0n) is 12.7. The molecule has 1 fully saturated rings. The molecule has 2 aliphatic heterocycles. The number of hydrogen-bond acceptors (Lipinski definition) is 8. The van der Waals surface area contributed by atoms with Crippen molar-refractivity contribution in [1.29, 1.82) is 0 Å². The number of amides is 1. The van der Waals surface area contributed by atoms with Crippen LogP contribution in [-0.2, 0) is 9.59 Å². The fraction of sp³-hybridized carbons (Fsp3) is 0.286. The first-order chi connectivity index (χ1) is 12.1. The first-order valence-corrected chi connectivity index (χ1v) is 10.2. The molecule has 2 aromatic rings. The van der Waals surface area contributed by atoms with Crippen molar-refractivity contribution in [2.24, 2.45) is 5.73 Å². The number of rotatable bonds is 5. The molecule has 4 heterocycles. The smallest absolute Gasteiger partial charge is 0.352 e. The molecule has 2 atom stereocenters. The van der Waals surface area contributed by atoms with E-state index in [0.29, 0.717) is 28.1 Å². The lowest BCUT2D eigenvalue weighted by Gasteiger charge is -2.48. The molecule has 25 heavy (non-hydrogen) atoms. The monoisotopic (exact) mass is 395 g/mol. The number of thiophene rings is 1. The molecule has 1 saturated heterocycles. The highest BCUT2D eigenvalue weighted by molar-refractivity contribution is 8.01. The number of hydrogen-bond donors (Lipinski definition) is 3. The van der Waals surface area contributed by atoms with Crippen LogP contribution in [0.2, 0.25) is 0 Å². The number of nitrogens with two attached hydrogens (primary N) is 1. The summed E-state index contributed by atoms with van der Waals surface area (Å²) in [7, 11) is 0. The van der Waals surface area contributed by atoms with Gasteiger partial charge in [-0.05, 0) is 17.0 Å². The van der Waals surface area contributed by atoms with Gasteiger partial charge in [0.05, 0.1) is 4.88 Å². The Hall–Kier alpha value is -1.82. The van der Waals surface area contributed by atoms with Crippen molar-refractivity contribution in [3.05, 3.63) is 28.8 Å². The van der Waals surface area contributed by atoms with Gasteiger partial charge in [-0.2, -0.15) is 0 Å². The second-order valence-corrected chi connectivity index (χ2v) is 8.42. The number of carbonyl (C=O) groups excluding carboxylic acids is 1. The minimum Gasteiger partial charge on any atom is -0.477 e.